The number of rotatable bonds is 6. The summed E-state index contributed by atoms with van der Waals surface area (Å²) in [6.07, 6.45) is 3.96. The number of carbonyl (C=O) groups is 1. The number of aliphatic hydroxyl groups is 1. The van der Waals surface area contributed by atoms with Crippen molar-refractivity contribution in [3.63, 3.8) is 0 Å². The molecule has 3 rings (SSSR count). The molecule has 0 spiro atoms. The van der Waals surface area contributed by atoms with Gasteiger partial charge in [0.1, 0.15) is 0 Å². The highest BCUT2D eigenvalue weighted by atomic mass is 16.3. The van der Waals surface area contributed by atoms with Gasteiger partial charge in [-0.2, -0.15) is 5.10 Å². The van der Waals surface area contributed by atoms with Crippen LogP contribution in [0.5, 0.6) is 0 Å². The van der Waals surface area contributed by atoms with Gasteiger partial charge in [0.25, 0.3) is 0 Å². The number of nitrogens with zero attached hydrogens (tertiary/aromatic N) is 2. The van der Waals surface area contributed by atoms with Gasteiger partial charge in [0.2, 0.25) is 0 Å². The van der Waals surface area contributed by atoms with Gasteiger partial charge in [-0.1, -0.05) is 48.5 Å². The Kier molecular flexibility index (Phi) is 5.43. The molecule has 2 amide bonds. The van der Waals surface area contributed by atoms with Crippen LogP contribution < -0.4 is 10.6 Å². The van der Waals surface area contributed by atoms with Gasteiger partial charge in [0.05, 0.1) is 25.0 Å². The second-order valence-electron chi connectivity index (χ2n) is 5.61. The molecule has 3 aromatic rings. The van der Waals surface area contributed by atoms with Crippen LogP contribution in [0.15, 0.2) is 67.0 Å². The Bertz CT molecular complexity index is 830. The lowest BCUT2D eigenvalue weighted by molar-refractivity contribution is 0.262. The summed E-state index contributed by atoms with van der Waals surface area (Å²) in [6, 6.07) is 17.5. The van der Waals surface area contributed by atoms with Gasteiger partial charge in [-0.05, 0) is 23.6 Å². The Hall–Kier alpha value is -3.12. The van der Waals surface area contributed by atoms with Crippen LogP contribution in [0.3, 0.4) is 0 Å². The van der Waals surface area contributed by atoms with Crippen molar-refractivity contribution in [2.45, 2.75) is 13.0 Å². The third-order valence-electron chi connectivity index (χ3n) is 3.72. The number of carbonyl (C=O) groups excluding carboxylic acids is 1. The average Bonchev–Trinajstić information content (AvgIpc) is 3.05. The van der Waals surface area contributed by atoms with E-state index in [2.05, 4.69) is 27.9 Å². The summed E-state index contributed by atoms with van der Waals surface area (Å²) < 4.78 is 1.57. The molecule has 0 unspecified atom stereocenters. The Morgan fingerprint density at radius 2 is 1.80 bits per heavy atom. The highest BCUT2D eigenvalue weighted by molar-refractivity contribution is 6.00. The molecule has 6 heteroatoms. The lowest BCUT2D eigenvalue weighted by Gasteiger charge is -2.11. The van der Waals surface area contributed by atoms with Crippen molar-refractivity contribution in [3.8, 4) is 0 Å². The third kappa shape index (κ3) is 4.68. The number of benzene rings is 2. The van der Waals surface area contributed by atoms with E-state index in [1.165, 1.54) is 5.56 Å². The van der Waals surface area contributed by atoms with Crippen LogP contribution >= 0.6 is 0 Å². The second kappa shape index (κ2) is 8.12. The maximum Gasteiger partial charge on any atom is 0.323 e. The molecule has 0 saturated carbocycles. The van der Waals surface area contributed by atoms with Crippen LogP contribution in [0.25, 0.3) is 0 Å². The van der Waals surface area contributed by atoms with E-state index in [9.17, 15) is 4.79 Å². The van der Waals surface area contributed by atoms with E-state index in [4.69, 9.17) is 5.11 Å². The van der Waals surface area contributed by atoms with Crippen LogP contribution in [-0.4, -0.2) is 27.5 Å². The molecule has 0 fully saturated rings. The molecule has 1 heterocycles. The van der Waals surface area contributed by atoms with E-state index < -0.39 is 0 Å². The summed E-state index contributed by atoms with van der Waals surface area (Å²) in [5.41, 5.74) is 3.57. The van der Waals surface area contributed by atoms with E-state index in [0.29, 0.717) is 12.2 Å². The molecule has 3 N–H and O–H groups in total. The number of aromatic nitrogens is 2. The first-order valence-electron chi connectivity index (χ1n) is 8.08. The minimum absolute atomic E-state index is 0.000176. The molecule has 0 atom stereocenters. The van der Waals surface area contributed by atoms with Gasteiger partial charge in [-0.3, -0.25) is 4.68 Å². The van der Waals surface area contributed by atoms with Crippen LogP contribution in [-0.2, 0) is 13.0 Å². The number of hydrogen-bond donors (Lipinski definition) is 3. The molecule has 0 saturated heterocycles. The van der Waals surface area contributed by atoms with E-state index in [1.807, 2.05) is 42.5 Å². The number of anilines is 2. The number of amides is 2. The number of urea groups is 1. The molecular formula is C19H20N4O2. The summed E-state index contributed by atoms with van der Waals surface area (Å²) in [5, 5.41) is 18.6. The molecule has 6 nitrogen and oxygen atoms in total. The lowest BCUT2D eigenvalue weighted by atomic mass is 10.0. The predicted octanol–water partition coefficient (Wildman–Crippen LogP) is 3.11. The average molecular weight is 336 g/mol. The number of aliphatic hydroxyl groups excluding tert-OH is 1. The summed E-state index contributed by atoms with van der Waals surface area (Å²) in [7, 11) is 0. The largest absolute Gasteiger partial charge is 0.394 e. The van der Waals surface area contributed by atoms with Gasteiger partial charge in [-0.25, -0.2) is 4.79 Å². The number of para-hydroxylation sites is 1. The molecule has 0 radical (unpaired) electrons. The predicted molar refractivity (Wildman–Crippen MR) is 97.6 cm³/mol. The number of hydrogen-bond acceptors (Lipinski definition) is 3. The van der Waals surface area contributed by atoms with Gasteiger partial charge in [0.15, 0.2) is 0 Å². The highest BCUT2D eigenvalue weighted by Gasteiger charge is 2.08. The first kappa shape index (κ1) is 16.7. The van der Waals surface area contributed by atoms with Gasteiger partial charge in [-0.15, -0.1) is 0 Å². The smallest absolute Gasteiger partial charge is 0.323 e. The Labute approximate surface area is 146 Å². The van der Waals surface area contributed by atoms with Crippen molar-refractivity contribution in [1.29, 1.82) is 0 Å². The van der Waals surface area contributed by atoms with E-state index in [-0.39, 0.29) is 12.6 Å². The summed E-state index contributed by atoms with van der Waals surface area (Å²) >= 11 is 0. The zero-order valence-corrected chi connectivity index (χ0v) is 13.7. The van der Waals surface area contributed by atoms with Crippen molar-refractivity contribution in [3.05, 3.63) is 78.1 Å². The molecule has 25 heavy (non-hydrogen) atoms. The van der Waals surface area contributed by atoms with Crippen molar-refractivity contribution in [1.82, 2.24) is 9.78 Å². The SMILES string of the molecule is O=C(Nc1cnn(CCO)c1)Nc1ccccc1Cc1ccccc1. The second-order valence-corrected chi connectivity index (χ2v) is 5.61. The molecule has 0 aliphatic heterocycles. The maximum atomic E-state index is 12.2. The van der Waals surface area contributed by atoms with Gasteiger partial charge in [0, 0.05) is 11.9 Å². The minimum atomic E-state index is -0.330. The molecule has 2 aromatic carbocycles. The summed E-state index contributed by atoms with van der Waals surface area (Å²) in [4.78, 5) is 12.2. The zero-order chi connectivity index (χ0) is 17.5. The summed E-state index contributed by atoms with van der Waals surface area (Å²) in [6.45, 7) is 0.392. The van der Waals surface area contributed by atoms with E-state index in [0.717, 1.165) is 17.7 Å². The van der Waals surface area contributed by atoms with Gasteiger partial charge >= 0.3 is 6.03 Å². The molecule has 0 aliphatic rings. The van der Waals surface area contributed by atoms with Crippen molar-refractivity contribution in [2.75, 3.05) is 17.2 Å². The molecule has 0 aliphatic carbocycles. The maximum absolute atomic E-state index is 12.2. The standard InChI is InChI=1S/C19H20N4O2/c24-11-10-23-14-17(13-20-23)21-19(25)22-18-9-5-4-8-16(18)12-15-6-2-1-3-7-15/h1-9,13-14,24H,10-12H2,(H2,21,22,25). The highest BCUT2D eigenvalue weighted by Crippen LogP contribution is 2.19. The zero-order valence-electron chi connectivity index (χ0n) is 13.7. The fraction of sp³-hybridized carbons (Fsp3) is 0.158. The third-order valence-corrected chi connectivity index (χ3v) is 3.72. The topological polar surface area (TPSA) is 79.2 Å². The van der Waals surface area contributed by atoms with E-state index in [1.54, 1.807) is 17.1 Å². The minimum Gasteiger partial charge on any atom is -0.394 e. The Balaban J connectivity index is 1.66. The fourth-order valence-electron chi connectivity index (χ4n) is 2.55. The first-order chi connectivity index (χ1) is 12.2. The normalized spacial score (nSPS) is 10.4. The van der Waals surface area contributed by atoms with E-state index >= 15 is 0 Å². The van der Waals surface area contributed by atoms with Crippen molar-refractivity contribution < 1.29 is 9.90 Å². The van der Waals surface area contributed by atoms with Gasteiger partial charge < -0.3 is 15.7 Å². The van der Waals surface area contributed by atoms with Crippen molar-refractivity contribution in [2.24, 2.45) is 0 Å². The first-order valence-corrected chi connectivity index (χ1v) is 8.08. The molecule has 1 aromatic heterocycles. The lowest BCUT2D eigenvalue weighted by Crippen LogP contribution is -2.20. The monoisotopic (exact) mass is 336 g/mol. The van der Waals surface area contributed by atoms with Crippen LogP contribution in [0.1, 0.15) is 11.1 Å². The molecule has 128 valence electrons. The number of nitrogens with one attached hydrogen (secondary N) is 2. The van der Waals surface area contributed by atoms with Crippen molar-refractivity contribution >= 4 is 17.4 Å². The fourth-order valence-corrected chi connectivity index (χ4v) is 2.55. The van der Waals surface area contributed by atoms with Crippen LogP contribution in [0.2, 0.25) is 0 Å². The Morgan fingerprint density at radius 3 is 2.60 bits per heavy atom. The van der Waals surface area contributed by atoms with Crippen LogP contribution in [0.4, 0.5) is 16.2 Å². The van der Waals surface area contributed by atoms with Crippen LogP contribution in [0, 0.1) is 0 Å². The quantitative estimate of drug-likeness (QED) is 0.647. The summed E-state index contributed by atoms with van der Waals surface area (Å²) in [5.74, 6) is 0. The molecular weight excluding hydrogens is 316 g/mol. The molecule has 0 bridgehead atoms. The Morgan fingerprint density at radius 1 is 1.04 bits per heavy atom.